The highest BCUT2D eigenvalue weighted by atomic mass is 16.5. The molecule has 4 nitrogen and oxygen atoms in total. The molecule has 0 amide bonds. The minimum absolute atomic E-state index is 0.557. The molecule has 0 fully saturated rings. The molecule has 0 radical (unpaired) electrons. The third-order valence-electron chi connectivity index (χ3n) is 2.16. The average molecular weight is 205 g/mol. The number of imidazole rings is 1. The van der Waals surface area contributed by atoms with Gasteiger partial charge in [0.15, 0.2) is 0 Å². The zero-order chi connectivity index (χ0) is 10.5. The summed E-state index contributed by atoms with van der Waals surface area (Å²) in [6.07, 6.45) is 4.86. The second-order valence-corrected chi connectivity index (χ2v) is 3.39. The van der Waals surface area contributed by atoms with Crippen molar-refractivity contribution in [3.8, 4) is 0 Å². The minimum Gasteiger partial charge on any atom is -0.375 e. The summed E-state index contributed by atoms with van der Waals surface area (Å²) in [5.74, 6) is 0. The maximum absolute atomic E-state index is 5.43. The van der Waals surface area contributed by atoms with Crippen LogP contribution in [0.25, 0.3) is 5.65 Å². The van der Waals surface area contributed by atoms with Crippen LogP contribution in [0.15, 0.2) is 30.6 Å². The van der Waals surface area contributed by atoms with Crippen LogP contribution in [-0.4, -0.2) is 22.5 Å². The van der Waals surface area contributed by atoms with Gasteiger partial charge in [-0.1, -0.05) is 6.07 Å². The van der Waals surface area contributed by atoms with Gasteiger partial charge in [0.2, 0.25) is 0 Å². The Kier molecular flexibility index (Phi) is 3.32. The van der Waals surface area contributed by atoms with Gasteiger partial charge in [-0.3, -0.25) is 0 Å². The molecule has 0 saturated heterocycles. The summed E-state index contributed by atoms with van der Waals surface area (Å²) in [4.78, 5) is 4.42. The summed E-state index contributed by atoms with van der Waals surface area (Å²) >= 11 is 0. The molecule has 0 aliphatic carbocycles. The summed E-state index contributed by atoms with van der Waals surface area (Å²) in [6.45, 7) is 1.93. The average Bonchev–Trinajstić information content (AvgIpc) is 2.67. The Bertz CT molecular complexity index is 391. The van der Waals surface area contributed by atoms with E-state index in [-0.39, 0.29) is 0 Å². The lowest BCUT2D eigenvalue weighted by Gasteiger charge is -1.98. The molecule has 0 unspecified atom stereocenters. The number of rotatable bonds is 5. The van der Waals surface area contributed by atoms with Crippen molar-refractivity contribution in [2.75, 3.05) is 13.2 Å². The molecule has 0 saturated carbocycles. The van der Waals surface area contributed by atoms with Gasteiger partial charge in [0, 0.05) is 19.0 Å². The van der Waals surface area contributed by atoms with Crippen molar-refractivity contribution in [3.63, 3.8) is 0 Å². The molecule has 2 N–H and O–H groups in total. The first kappa shape index (κ1) is 10.1. The van der Waals surface area contributed by atoms with Gasteiger partial charge in [0.1, 0.15) is 5.65 Å². The zero-order valence-corrected chi connectivity index (χ0v) is 8.60. The standard InChI is InChI=1S/C11H15N3O/c12-5-3-7-15-9-10-8-14-6-2-1-4-11(14)13-10/h1-2,4,6,8H,3,5,7,9,12H2. The first-order valence-corrected chi connectivity index (χ1v) is 5.10. The number of aromatic nitrogens is 2. The number of nitrogens with zero attached hydrogens (tertiary/aromatic N) is 2. The van der Waals surface area contributed by atoms with E-state index in [2.05, 4.69) is 4.98 Å². The third-order valence-corrected chi connectivity index (χ3v) is 2.16. The highest BCUT2D eigenvalue weighted by Crippen LogP contribution is 2.05. The summed E-state index contributed by atoms with van der Waals surface area (Å²) in [5, 5.41) is 0. The van der Waals surface area contributed by atoms with Gasteiger partial charge in [-0.2, -0.15) is 0 Å². The van der Waals surface area contributed by atoms with Gasteiger partial charge in [-0.05, 0) is 25.1 Å². The molecule has 0 bridgehead atoms. The van der Waals surface area contributed by atoms with Crippen molar-refractivity contribution < 1.29 is 4.74 Å². The molecule has 80 valence electrons. The topological polar surface area (TPSA) is 52.5 Å². The molecule has 2 aromatic heterocycles. The van der Waals surface area contributed by atoms with Crippen molar-refractivity contribution in [1.29, 1.82) is 0 Å². The summed E-state index contributed by atoms with van der Waals surface area (Å²) in [6, 6.07) is 5.93. The highest BCUT2D eigenvalue weighted by molar-refractivity contribution is 5.39. The number of hydrogen-bond acceptors (Lipinski definition) is 3. The number of hydrogen-bond donors (Lipinski definition) is 1. The van der Waals surface area contributed by atoms with Crippen molar-refractivity contribution in [1.82, 2.24) is 9.38 Å². The maximum atomic E-state index is 5.43. The predicted octanol–water partition coefficient (Wildman–Crippen LogP) is 1.20. The van der Waals surface area contributed by atoms with Gasteiger partial charge < -0.3 is 14.9 Å². The molecular weight excluding hydrogens is 190 g/mol. The van der Waals surface area contributed by atoms with E-state index in [0.29, 0.717) is 19.8 Å². The monoisotopic (exact) mass is 205 g/mol. The van der Waals surface area contributed by atoms with Crippen LogP contribution in [0, 0.1) is 0 Å². The number of fused-ring (bicyclic) bond motifs is 1. The van der Waals surface area contributed by atoms with Crippen molar-refractivity contribution in [2.24, 2.45) is 5.73 Å². The fourth-order valence-corrected chi connectivity index (χ4v) is 1.42. The quantitative estimate of drug-likeness (QED) is 0.746. The van der Waals surface area contributed by atoms with Gasteiger partial charge >= 0.3 is 0 Å². The Morgan fingerprint density at radius 3 is 3.13 bits per heavy atom. The van der Waals surface area contributed by atoms with Gasteiger partial charge in [-0.25, -0.2) is 4.98 Å². The maximum Gasteiger partial charge on any atom is 0.137 e. The van der Waals surface area contributed by atoms with Crippen LogP contribution in [0.1, 0.15) is 12.1 Å². The lowest BCUT2D eigenvalue weighted by molar-refractivity contribution is 0.117. The van der Waals surface area contributed by atoms with Crippen molar-refractivity contribution in [3.05, 3.63) is 36.3 Å². The molecule has 2 rings (SSSR count). The SMILES string of the molecule is NCCCOCc1cn2ccccc2n1. The van der Waals surface area contributed by atoms with E-state index in [1.165, 1.54) is 0 Å². The fourth-order valence-electron chi connectivity index (χ4n) is 1.42. The first-order chi connectivity index (χ1) is 7.40. The smallest absolute Gasteiger partial charge is 0.137 e. The van der Waals surface area contributed by atoms with E-state index < -0.39 is 0 Å². The summed E-state index contributed by atoms with van der Waals surface area (Å²) in [7, 11) is 0. The number of nitrogens with two attached hydrogens (primary N) is 1. The second kappa shape index (κ2) is 4.91. The van der Waals surface area contributed by atoms with Crippen LogP contribution in [0.4, 0.5) is 0 Å². The third kappa shape index (κ3) is 2.55. The highest BCUT2D eigenvalue weighted by Gasteiger charge is 1.99. The van der Waals surface area contributed by atoms with Crippen LogP contribution in [-0.2, 0) is 11.3 Å². The lowest BCUT2D eigenvalue weighted by atomic mass is 10.4. The van der Waals surface area contributed by atoms with Crippen molar-refractivity contribution >= 4 is 5.65 Å². The molecule has 15 heavy (non-hydrogen) atoms. The van der Waals surface area contributed by atoms with Gasteiger partial charge in [-0.15, -0.1) is 0 Å². The first-order valence-electron chi connectivity index (χ1n) is 5.10. The predicted molar refractivity (Wildman–Crippen MR) is 58.5 cm³/mol. The summed E-state index contributed by atoms with van der Waals surface area (Å²) in [5.41, 5.74) is 7.28. The Morgan fingerprint density at radius 1 is 1.40 bits per heavy atom. The molecule has 0 aromatic carbocycles. The molecule has 4 heteroatoms. The number of ether oxygens (including phenoxy) is 1. The zero-order valence-electron chi connectivity index (χ0n) is 8.60. The fraction of sp³-hybridized carbons (Fsp3) is 0.364. The van der Waals surface area contributed by atoms with Gasteiger partial charge in [0.05, 0.1) is 12.3 Å². The Morgan fingerprint density at radius 2 is 2.33 bits per heavy atom. The largest absolute Gasteiger partial charge is 0.375 e. The van der Waals surface area contributed by atoms with E-state index in [1.54, 1.807) is 0 Å². The van der Waals surface area contributed by atoms with Crippen LogP contribution in [0.2, 0.25) is 0 Å². The normalized spacial score (nSPS) is 11.0. The lowest BCUT2D eigenvalue weighted by Crippen LogP contribution is -2.04. The van der Waals surface area contributed by atoms with E-state index in [4.69, 9.17) is 10.5 Å². The van der Waals surface area contributed by atoms with E-state index in [1.807, 2.05) is 35.0 Å². The molecular formula is C11H15N3O. The van der Waals surface area contributed by atoms with E-state index in [0.717, 1.165) is 17.8 Å². The van der Waals surface area contributed by atoms with E-state index in [9.17, 15) is 0 Å². The van der Waals surface area contributed by atoms with Crippen LogP contribution < -0.4 is 5.73 Å². The van der Waals surface area contributed by atoms with Gasteiger partial charge in [0.25, 0.3) is 0 Å². The minimum atomic E-state index is 0.557. The van der Waals surface area contributed by atoms with E-state index >= 15 is 0 Å². The molecule has 0 atom stereocenters. The Labute approximate surface area is 88.7 Å². The Hall–Kier alpha value is -1.39. The summed E-state index contributed by atoms with van der Waals surface area (Å²) < 4.78 is 7.42. The second-order valence-electron chi connectivity index (χ2n) is 3.39. The molecule has 2 aromatic rings. The van der Waals surface area contributed by atoms with Crippen molar-refractivity contribution in [2.45, 2.75) is 13.0 Å². The Balaban J connectivity index is 1.97. The molecule has 2 heterocycles. The molecule has 0 aliphatic heterocycles. The molecule has 0 spiro atoms. The molecule has 0 aliphatic rings. The van der Waals surface area contributed by atoms with Crippen LogP contribution >= 0.6 is 0 Å². The van der Waals surface area contributed by atoms with Crippen LogP contribution in [0.3, 0.4) is 0 Å². The number of pyridine rings is 1. The van der Waals surface area contributed by atoms with Crippen LogP contribution in [0.5, 0.6) is 0 Å².